The molecule has 0 aromatic heterocycles. The lowest BCUT2D eigenvalue weighted by atomic mass is 9.71. The number of carbonyl (C=O) groups excluding carboxylic acids is 2. The number of benzene rings is 1. The van der Waals surface area contributed by atoms with Crippen molar-refractivity contribution in [3.8, 4) is 11.5 Å². The monoisotopic (exact) mass is 720 g/mol. The van der Waals surface area contributed by atoms with Crippen molar-refractivity contribution in [3.05, 3.63) is 70.9 Å². The zero-order valence-corrected chi connectivity index (χ0v) is 30.7. The van der Waals surface area contributed by atoms with Crippen LogP contribution in [0.1, 0.15) is 83.5 Å². The fourth-order valence-corrected chi connectivity index (χ4v) is 8.78. The highest BCUT2D eigenvalue weighted by Crippen LogP contribution is 2.47. The van der Waals surface area contributed by atoms with E-state index in [0.717, 1.165) is 18.4 Å². The van der Waals surface area contributed by atoms with E-state index in [4.69, 9.17) is 33.2 Å². The summed E-state index contributed by atoms with van der Waals surface area (Å²) in [6, 6.07) is 5.18. The zero-order chi connectivity index (χ0) is 36.8. The van der Waals surface area contributed by atoms with E-state index in [1.807, 2.05) is 26.0 Å². The quantitative estimate of drug-likeness (QED) is 0.301. The third-order valence-corrected chi connectivity index (χ3v) is 11.8. The van der Waals surface area contributed by atoms with E-state index in [1.165, 1.54) is 0 Å². The summed E-state index contributed by atoms with van der Waals surface area (Å²) < 4.78 is 43.6. The Kier molecular flexibility index (Phi) is 10.5. The van der Waals surface area contributed by atoms with Crippen LogP contribution in [0.3, 0.4) is 0 Å². The summed E-state index contributed by atoms with van der Waals surface area (Å²) >= 11 is 0. The molecule has 7 rings (SSSR count). The first-order valence-corrected chi connectivity index (χ1v) is 18.8. The van der Waals surface area contributed by atoms with Crippen molar-refractivity contribution < 1.29 is 53.0 Å². The van der Waals surface area contributed by atoms with Gasteiger partial charge in [0.25, 0.3) is 0 Å². The minimum atomic E-state index is -1.83. The Hall–Kier alpha value is -3.48. The normalized spacial score (nSPS) is 41.7. The summed E-state index contributed by atoms with van der Waals surface area (Å²) in [4.78, 5) is 27.9. The largest absolute Gasteiger partial charge is 0.486 e. The lowest BCUT2D eigenvalue weighted by molar-refractivity contribution is -0.335. The molecule has 0 radical (unpaired) electrons. The molecule has 5 heterocycles. The average molecular weight is 721 g/mol. The fourth-order valence-electron chi connectivity index (χ4n) is 8.78. The van der Waals surface area contributed by atoms with Gasteiger partial charge in [0.15, 0.2) is 17.3 Å². The molecule has 1 aromatic rings. The Labute approximate surface area is 305 Å². The highest BCUT2D eigenvalue weighted by Gasteiger charge is 2.60. The summed E-state index contributed by atoms with van der Waals surface area (Å²) in [5.41, 5.74) is 0.266. The van der Waals surface area contributed by atoms with E-state index in [2.05, 4.69) is 13.8 Å². The van der Waals surface area contributed by atoms with Crippen LogP contribution in [0.25, 0.3) is 0 Å². The molecule has 1 aromatic carbocycles. The van der Waals surface area contributed by atoms with Crippen LogP contribution in [0.4, 0.5) is 0 Å². The number of hydrogen-bond donors (Lipinski definition) is 2. The Balaban J connectivity index is 1.26. The van der Waals surface area contributed by atoms with Gasteiger partial charge < -0.3 is 43.4 Å². The van der Waals surface area contributed by atoms with Crippen molar-refractivity contribution in [3.63, 3.8) is 0 Å². The van der Waals surface area contributed by atoms with E-state index < -0.39 is 53.7 Å². The van der Waals surface area contributed by atoms with E-state index in [-0.39, 0.29) is 30.3 Å². The number of fused-ring (bicyclic) bond motifs is 3. The van der Waals surface area contributed by atoms with Crippen LogP contribution in [0.15, 0.2) is 65.3 Å². The Morgan fingerprint density at radius 1 is 1.08 bits per heavy atom. The summed E-state index contributed by atoms with van der Waals surface area (Å²) in [6.07, 6.45) is 9.00. The second-order valence-corrected chi connectivity index (χ2v) is 15.4. The molecule has 11 heteroatoms. The third-order valence-electron chi connectivity index (χ3n) is 11.8. The molecule has 5 aliphatic heterocycles. The molecule has 3 fully saturated rings. The van der Waals surface area contributed by atoms with Crippen molar-refractivity contribution in [2.75, 3.05) is 19.8 Å². The van der Waals surface area contributed by atoms with Crippen LogP contribution in [-0.2, 0) is 28.5 Å². The number of para-hydroxylation sites is 1. The maximum absolute atomic E-state index is 14.1. The van der Waals surface area contributed by atoms with Gasteiger partial charge in [-0.2, -0.15) is 0 Å². The van der Waals surface area contributed by atoms with Crippen LogP contribution < -0.4 is 9.47 Å². The molecule has 1 aliphatic carbocycles. The molecule has 52 heavy (non-hydrogen) atoms. The van der Waals surface area contributed by atoms with Crippen LogP contribution in [-0.4, -0.2) is 90.0 Å². The van der Waals surface area contributed by atoms with Crippen LogP contribution in [0.2, 0.25) is 0 Å². The number of allylic oxidation sites excluding steroid dienone is 2. The first-order chi connectivity index (χ1) is 24.9. The van der Waals surface area contributed by atoms with Gasteiger partial charge in [-0.05, 0) is 67.9 Å². The SMILES string of the molecule is CC[C@H]1O[C@]2(CC[C@@H]1C)C[C@@H]1C[C@@H](C/C=C(\C)[C@@H](OC(=O)c3cccc4c3OCCO4)[C@@H](C)/C=C/C=C3\CO[C@@H]4[C@H](O)C(C)=C[C@@H](C(=O)O1)[C@]34O)O2. The molecule has 2 N–H and O–H groups in total. The molecular formula is C41H52O11. The maximum Gasteiger partial charge on any atom is 0.342 e. The van der Waals surface area contributed by atoms with Crippen molar-refractivity contribution >= 4 is 11.9 Å². The molecule has 0 unspecified atom stereocenters. The van der Waals surface area contributed by atoms with Gasteiger partial charge in [-0.15, -0.1) is 0 Å². The summed E-state index contributed by atoms with van der Waals surface area (Å²) in [7, 11) is 0. The van der Waals surface area contributed by atoms with Gasteiger partial charge in [0, 0.05) is 25.2 Å². The second kappa shape index (κ2) is 14.7. The minimum absolute atomic E-state index is 0.00347. The Bertz CT molecular complexity index is 1660. The number of aliphatic hydroxyl groups excluding tert-OH is 1. The van der Waals surface area contributed by atoms with Crippen LogP contribution >= 0.6 is 0 Å². The lowest BCUT2D eigenvalue weighted by Gasteiger charge is -2.50. The molecule has 0 saturated carbocycles. The number of aliphatic hydroxyl groups is 2. The summed E-state index contributed by atoms with van der Waals surface area (Å²) in [6.45, 7) is 10.7. The van der Waals surface area contributed by atoms with Crippen LogP contribution in [0, 0.1) is 17.8 Å². The minimum Gasteiger partial charge on any atom is -0.486 e. The average Bonchev–Trinajstić information content (AvgIpc) is 3.47. The molecule has 11 nitrogen and oxygen atoms in total. The molecule has 0 amide bonds. The summed E-state index contributed by atoms with van der Waals surface area (Å²) in [5.74, 6) is -2.22. The van der Waals surface area contributed by atoms with Gasteiger partial charge in [0.1, 0.15) is 54.7 Å². The van der Waals surface area contributed by atoms with Gasteiger partial charge in [-0.3, -0.25) is 4.79 Å². The van der Waals surface area contributed by atoms with E-state index >= 15 is 0 Å². The molecular weight excluding hydrogens is 668 g/mol. The first-order valence-electron chi connectivity index (χ1n) is 18.8. The highest BCUT2D eigenvalue weighted by molar-refractivity contribution is 5.94. The topological polar surface area (TPSA) is 139 Å². The third kappa shape index (κ3) is 6.86. The predicted octanol–water partition coefficient (Wildman–Crippen LogP) is 5.53. The van der Waals surface area contributed by atoms with Crippen molar-refractivity contribution in [1.82, 2.24) is 0 Å². The smallest absolute Gasteiger partial charge is 0.342 e. The number of ether oxygens (including phenoxy) is 7. The predicted molar refractivity (Wildman–Crippen MR) is 190 cm³/mol. The van der Waals surface area contributed by atoms with Gasteiger partial charge in [-0.1, -0.05) is 57.2 Å². The zero-order valence-electron chi connectivity index (χ0n) is 30.7. The van der Waals surface area contributed by atoms with E-state index in [0.29, 0.717) is 67.5 Å². The van der Waals surface area contributed by atoms with Crippen molar-refractivity contribution in [2.45, 2.75) is 121 Å². The Morgan fingerprint density at radius 2 is 1.88 bits per heavy atom. The van der Waals surface area contributed by atoms with E-state index in [1.54, 1.807) is 43.4 Å². The van der Waals surface area contributed by atoms with Gasteiger partial charge in [0.2, 0.25) is 0 Å². The number of hydrogen-bond acceptors (Lipinski definition) is 11. The van der Waals surface area contributed by atoms with Crippen molar-refractivity contribution in [2.24, 2.45) is 17.8 Å². The fraction of sp³-hybridized carbons (Fsp3) is 0.610. The number of carbonyl (C=O) groups is 2. The molecule has 3 saturated heterocycles. The molecule has 282 valence electrons. The standard InChI is InChI=1S/C41H52O11/c1-6-32-23(2)15-16-40(52-32)21-29-20-28(51-40)14-13-25(4)35(50-38(43)30-11-8-12-33-36(30)47-18-17-46-33)24(3)9-7-10-27-22-48-37-34(42)26(5)19-31(39(44)49-29)41(27,37)45/h7-13,19,23-24,28-29,31-32,34-35,37,42,45H,6,14-18,20-22H2,1-5H3/b9-7+,25-13+,27-10+/t23-,24-,28+,29-,31-,32+,34+,35-,37+,40+,41+/m0/s1. The maximum atomic E-state index is 14.1. The van der Waals surface area contributed by atoms with Crippen LogP contribution in [0.5, 0.6) is 11.5 Å². The first kappa shape index (κ1) is 36.9. The number of rotatable bonds is 3. The van der Waals surface area contributed by atoms with Gasteiger partial charge >= 0.3 is 11.9 Å². The lowest BCUT2D eigenvalue weighted by Crippen LogP contribution is -2.58. The second-order valence-electron chi connectivity index (χ2n) is 15.4. The molecule has 6 aliphatic rings. The Morgan fingerprint density at radius 3 is 2.69 bits per heavy atom. The van der Waals surface area contributed by atoms with Crippen molar-refractivity contribution in [1.29, 1.82) is 0 Å². The molecule has 11 atom stereocenters. The molecule has 1 spiro atoms. The summed E-state index contributed by atoms with van der Waals surface area (Å²) in [5, 5.41) is 23.4. The van der Waals surface area contributed by atoms with Gasteiger partial charge in [-0.25, -0.2) is 4.79 Å². The van der Waals surface area contributed by atoms with E-state index in [9.17, 15) is 19.8 Å². The van der Waals surface area contributed by atoms with Gasteiger partial charge in [0.05, 0.1) is 18.8 Å². The highest BCUT2D eigenvalue weighted by atomic mass is 16.7. The number of esters is 2. The molecule has 2 bridgehead atoms.